The van der Waals surface area contributed by atoms with Crippen molar-refractivity contribution >= 4 is 15.9 Å². The summed E-state index contributed by atoms with van der Waals surface area (Å²) in [7, 11) is 0. The van der Waals surface area contributed by atoms with Gasteiger partial charge in [0.1, 0.15) is 5.75 Å². The number of ether oxygens (including phenoxy) is 1. The predicted molar refractivity (Wildman–Crippen MR) is 70.3 cm³/mol. The highest BCUT2D eigenvalue weighted by molar-refractivity contribution is 9.10. The number of halogens is 1. The first kappa shape index (κ1) is 13.0. The molecule has 0 unspecified atom stereocenters. The van der Waals surface area contributed by atoms with Gasteiger partial charge in [0.15, 0.2) is 0 Å². The van der Waals surface area contributed by atoms with Crippen LogP contribution in [0.2, 0.25) is 0 Å². The first-order valence-corrected chi connectivity index (χ1v) is 6.15. The zero-order valence-corrected chi connectivity index (χ0v) is 11.1. The van der Waals surface area contributed by atoms with Crippen LogP contribution in [0.5, 0.6) is 11.6 Å². The first-order chi connectivity index (χ1) is 8.72. The number of nitrogens with zero attached hydrogens (tertiary/aromatic N) is 1. The average molecular weight is 310 g/mol. The van der Waals surface area contributed by atoms with Crippen LogP contribution in [0.4, 0.5) is 0 Å². The van der Waals surface area contributed by atoms with Gasteiger partial charge in [0.25, 0.3) is 0 Å². The quantitative estimate of drug-likeness (QED) is 0.911. The molecule has 2 aromatic rings. The Kier molecular flexibility index (Phi) is 4.30. The molecule has 1 aromatic heterocycles. The molecule has 0 fully saturated rings. The van der Waals surface area contributed by atoms with Gasteiger partial charge in [-0.3, -0.25) is 0 Å². The summed E-state index contributed by atoms with van der Waals surface area (Å²) in [4.78, 5) is 4.11. The van der Waals surface area contributed by atoms with Crippen LogP contribution >= 0.6 is 15.9 Å². The van der Waals surface area contributed by atoms with E-state index in [1.165, 1.54) is 0 Å². The third-order valence-electron chi connectivity index (χ3n) is 2.38. The van der Waals surface area contributed by atoms with E-state index in [-0.39, 0.29) is 13.2 Å². The summed E-state index contributed by atoms with van der Waals surface area (Å²) in [6.07, 6.45) is 1.61. The molecule has 0 spiro atoms. The third-order valence-corrected chi connectivity index (χ3v) is 2.82. The monoisotopic (exact) mass is 309 g/mol. The van der Waals surface area contributed by atoms with Crippen molar-refractivity contribution in [2.24, 2.45) is 0 Å². The van der Waals surface area contributed by atoms with E-state index in [0.29, 0.717) is 17.2 Å². The minimum atomic E-state index is -0.142. The molecule has 5 heteroatoms. The molecule has 94 valence electrons. The van der Waals surface area contributed by atoms with Gasteiger partial charge < -0.3 is 14.9 Å². The SMILES string of the molecule is OCc1ccc(Oc2ncc(Br)cc2CO)cc1. The number of aromatic nitrogens is 1. The second kappa shape index (κ2) is 5.95. The molecule has 0 radical (unpaired) electrons. The number of aliphatic hydroxyl groups excluding tert-OH is 2. The van der Waals surface area contributed by atoms with E-state index in [1.807, 2.05) is 0 Å². The summed E-state index contributed by atoms with van der Waals surface area (Å²) in [5, 5.41) is 18.2. The van der Waals surface area contributed by atoms with E-state index in [9.17, 15) is 5.11 Å². The molecule has 0 saturated heterocycles. The lowest BCUT2D eigenvalue weighted by atomic mass is 10.2. The van der Waals surface area contributed by atoms with E-state index < -0.39 is 0 Å². The fourth-order valence-electron chi connectivity index (χ4n) is 1.45. The summed E-state index contributed by atoms with van der Waals surface area (Å²) in [5.74, 6) is 0.981. The van der Waals surface area contributed by atoms with Crippen molar-refractivity contribution in [3.8, 4) is 11.6 Å². The van der Waals surface area contributed by atoms with Gasteiger partial charge in [0.2, 0.25) is 5.88 Å². The largest absolute Gasteiger partial charge is 0.439 e. The Hall–Kier alpha value is -1.43. The molecular weight excluding hydrogens is 298 g/mol. The summed E-state index contributed by atoms with van der Waals surface area (Å²) in [6.45, 7) is -0.144. The van der Waals surface area contributed by atoms with Crippen LogP contribution in [-0.4, -0.2) is 15.2 Å². The van der Waals surface area contributed by atoms with Gasteiger partial charge in [-0.25, -0.2) is 4.98 Å². The Morgan fingerprint density at radius 3 is 2.44 bits per heavy atom. The number of hydrogen-bond donors (Lipinski definition) is 2. The summed E-state index contributed by atoms with van der Waals surface area (Å²) in [6, 6.07) is 8.79. The van der Waals surface area contributed by atoms with Crippen molar-refractivity contribution in [2.45, 2.75) is 13.2 Å². The van der Waals surface area contributed by atoms with E-state index >= 15 is 0 Å². The van der Waals surface area contributed by atoms with Gasteiger partial charge in [-0.15, -0.1) is 0 Å². The van der Waals surface area contributed by atoms with Crippen LogP contribution < -0.4 is 4.74 Å². The normalized spacial score (nSPS) is 10.4. The third kappa shape index (κ3) is 3.07. The lowest BCUT2D eigenvalue weighted by molar-refractivity contribution is 0.275. The highest BCUT2D eigenvalue weighted by Crippen LogP contribution is 2.25. The first-order valence-electron chi connectivity index (χ1n) is 5.36. The highest BCUT2D eigenvalue weighted by Gasteiger charge is 2.06. The molecule has 0 aliphatic rings. The van der Waals surface area contributed by atoms with Crippen molar-refractivity contribution < 1.29 is 14.9 Å². The van der Waals surface area contributed by atoms with Gasteiger partial charge in [-0.1, -0.05) is 12.1 Å². The molecule has 0 saturated carbocycles. The standard InChI is InChI=1S/C13H12BrNO3/c14-11-5-10(8-17)13(15-6-11)18-12-3-1-9(7-16)2-4-12/h1-6,16-17H,7-8H2. The number of aliphatic hydroxyl groups is 2. The molecule has 1 aromatic carbocycles. The number of hydrogen-bond acceptors (Lipinski definition) is 4. The Morgan fingerprint density at radius 1 is 1.11 bits per heavy atom. The maximum atomic E-state index is 9.23. The fraction of sp³-hybridized carbons (Fsp3) is 0.154. The van der Waals surface area contributed by atoms with Gasteiger partial charge in [-0.05, 0) is 39.7 Å². The van der Waals surface area contributed by atoms with Crippen molar-refractivity contribution in [1.82, 2.24) is 4.98 Å². The highest BCUT2D eigenvalue weighted by atomic mass is 79.9. The molecule has 0 aliphatic heterocycles. The van der Waals surface area contributed by atoms with Crippen LogP contribution in [0.15, 0.2) is 41.0 Å². The van der Waals surface area contributed by atoms with Crippen molar-refractivity contribution in [3.63, 3.8) is 0 Å². The summed E-state index contributed by atoms with van der Waals surface area (Å²) in [5.41, 5.74) is 1.42. The van der Waals surface area contributed by atoms with Gasteiger partial charge in [0.05, 0.1) is 13.2 Å². The van der Waals surface area contributed by atoms with E-state index in [1.54, 1.807) is 36.5 Å². The molecule has 0 amide bonds. The van der Waals surface area contributed by atoms with Crippen LogP contribution in [0, 0.1) is 0 Å². The molecule has 2 N–H and O–H groups in total. The van der Waals surface area contributed by atoms with Crippen molar-refractivity contribution in [2.75, 3.05) is 0 Å². The Balaban J connectivity index is 2.22. The number of benzene rings is 1. The Bertz CT molecular complexity index is 528. The molecule has 4 nitrogen and oxygen atoms in total. The molecule has 1 heterocycles. The van der Waals surface area contributed by atoms with Gasteiger partial charge in [0, 0.05) is 16.2 Å². The second-order valence-electron chi connectivity index (χ2n) is 3.68. The topological polar surface area (TPSA) is 62.6 Å². The van der Waals surface area contributed by atoms with Crippen LogP contribution in [0.25, 0.3) is 0 Å². The maximum Gasteiger partial charge on any atom is 0.224 e. The van der Waals surface area contributed by atoms with Gasteiger partial charge >= 0.3 is 0 Å². The van der Waals surface area contributed by atoms with Crippen molar-refractivity contribution in [1.29, 1.82) is 0 Å². The number of rotatable bonds is 4. The van der Waals surface area contributed by atoms with E-state index in [2.05, 4.69) is 20.9 Å². The Morgan fingerprint density at radius 2 is 1.83 bits per heavy atom. The van der Waals surface area contributed by atoms with Gasteiger partial charge in [-0.2, -0.15) is 0 Å². The Labute approximate surface area is 113 Å². The summed E-state index contributed by atoms with van der Waals surface area (Å²) < 4.78 is 6.37. The summed E-state index contributed by atoms with van der Waals surface area (Å²) >= 11 is 3.28. The molecule has 0 atom stereocenters. The maximum absolute atomic E-state index is 9.23. The van der Waals surface area contributed by atoms with Crippen molar-refractivity contribution in [3.05, 3.63) is 52.1 Å². The zero-order valence-electron chi connectivity index (χ0n) is 9.51. The predicted octanol–water partition coefficient (Wildman–Crippen LogP) is 2.62. The average Bonchev–Trinajstić information content (AvgIpc) is 2.41. The second-order valence-corrected chi connectivity index (χ2v) is 4.60. The number of pyridine rings is 1. The fourth-order valence-corrected chi connectivity index (χ4v) is 1.83. The minimum absolute atomic E-state index is 0.00129. The molecular formula is C13H12BrNO3. The zero-order chi connectivity index (χ0) is 13.0. The lowest BCUT2D eigenvalue weighted by Crippen LogP contribution is -1.95. The lowest BCUT2D eigenvalue weighted by Gasteiger charge is -2.09. The molecule has 2 rings (SSSR count). The van der Waals surface area contributed by atoms with E-state index in [4.69, 9.17) is 9.84 Å². The molecule has 18 heavy (non-hydrogen) atoms. The smallest absolute Gasteiger partial charge is 0.224 e. The van der Waals surface area contributed by atoms with Crippen LogP contribution in [-0.2, 0) is 13.2 Å². The van der Waals surface area contributed by atoms with E-state index in [0.717, 1.165) is 10.0 Å². The minimum Gasteiger partial charge on any atom is -0.439 e. The van der Waals surface area contributed by atoms with Crippen LogP contribution in [0.3, 0.4) is 0 Å². The van der Waals surface area contributed by atoms with Crippen LogP contribution in [0.1, 0.15) is 11.1 Å². The molecule has 0 bridgehead atoms. The molecule has 0 aliphatic carbocycles.